The molecule has 1 amide bonds. The molecule has 17 nitrogen and oxygen atoms in total. The number of hydrogen-bond donors (Lipinski definition) is 5. The van der Waals surface area contributed by atoms with Crippen molar-refractivity contribution in [2.75, 3.05) is 53.9 Å². The van der Waals surface area contributed by atoms with Gasteiger partial charge in [0.1, 0.15) is 6.61 Å². The average molecular weight is 768 g/mol. The molecule has 0 atom stereocenters. The van der Waals surface area contributed by atoms with E-state index in [1.807, 2.05) is 0 Å². The van der Waals surface area contributed by atoms with Gasteiger partial charge in [0.25, 0.3) is 0 Å². The van der Waals surface area contributed by atoms with Crippen LogP contribution in [0.5, 0.6) is 0 Å². The Morgan fingerprint density at radius 1 is 0.633 bits per heavy atom. The van der Waals surface area contributed by atoms with E-state index in [1.54, 1.807) is 0 Å². The molecule has 0 aliphatic rings. The zero-order valence-electron chi connectivity index (χ0n) is 26.3. The third kappa shape index (κ3) is 17.2. The molecule has 3 rings (SSSR count). The maximum absolute atomic E-state index is 11.7. The van der Waals surface area contributed by atoms with Crippen LogP contribution in [0.4, 0.5) is 17.1 Å². The van der Waals surface area contributed by atoms with Crippen molar-refractivity contribution >= 4 is 68.8 Å². The monoisotopic (exact) mass is 767 g/mol. The number of aliphatic hydroxyl groups is 1. The lowest BCUT2D eigenvalue weighted by Gasteiger charge is -2.04. The summed E-state index contributed by atoms with van der Waals surface area (Å²) in [6.07, 6.45) is 0. The fourth-order valence-electron chi connectivity index (χ4n) is 3.32. The first-order chi connectivity index (χ1) is 22.6. The summed E-state index contributed by atoms with van der Waals surface area (Å²) in [6.45, 7) is 1.41. The van der Waals surface area contributed by atoms with E-state index in [9.17, 15) is 43.3 Å². The molecule has 0 saturated heterocycles. The van der Waals surface area contributed by atoms with Gasteiger partial charge < -0.3 is 26.6 Å². The van der Waals surface area contributed by atoms with Crippen LogP contribution in [0.2, 0.25) is 0 Å². The number of ether oxygens (including phenoxy) is 1. The standard InChI is InChI=1S/2C10H13NO4S.C8H11NO6S2/c1-8(12)15-6-7-16(13,14)10-4-2-9(11)3-5-10;1-8(13)11-9-2-4-10(5-3-9)16(14,15)7-6-12;9-7-1-3-8(4-2-7)16(10,11)6-5-15-17(12,13)14/h2-5H,6-7,11H2,1H3;2-5,12H,6-7H2,1H3,(H,11,13);1-4H,5-6,9H2,(H,12,13,14). The van der Waals surface area contributed by atoms with Crippen LogP contribution >= 0.6 is 0 Å². The number of carbonyl (C=O) groups is 2. The van der Waals surface area contributed by atoms with Gasteiger partial charge in [0, 0.05) is 30.9 Å². The van der Waals surface area contributed by atoms with Crippen molar-refractivity contribution in [3.05, 3.63) is 72.8 Å². The van der Waals surface area contributed by atoms with Gasteiger partial charge >= 0.3 is 16.4 Å². The van der Waals surface area contributed by atoms with E-state index in [2.05, 4.69) is 14.2 Å². The number of hydrogen-bond acceptors (Lipinski definition) is 15. The maximum Gasteiger partial charge on any atom is 0.397 e. The van der Waals surface area contributed by atoms with Gasteiger partial charge in [-0.15, -0.1) is 0 Å². The number of anilines is 3. The SMILES string of the molecule is CC(=O)Nc1ccc(S(=O)(=O)CCO)cc1.CC(=O)OCCS(=O)(=O)c1ccc(N)cc1.Nc1ccc(S(=O)(=O)CCOS(=O)(=O)O)cc1. The zero-order valence-corrected chi connectivity index (χ0v) is 29.5. The van der Waals surface area contributed by atoms with Crippen LogP contribution in [0.1, 0.15) is 13.8 Å². The lowest BCUT2D eigenvalue weighted by molar-refractivity contribution is -0.140. The van der Waals surface area contributed by atoms with Crippen molar-refractivity contribution in [1.82, 2.24) is 0 Å². The molecule has 49 heavy (non-hydrogen) atoms. The van der Waals surface area contributed by atoms with Gasteiger partial charge in [-0.2, -0.15) is 8.42 Å². The van der Waals surface area contributed by atoms with Crippen LogP contribution in [0.15, 0.2) is 87.5 Å². The lowest BCUT2D eigenvalue weighted by Crippen LogP contribution is -2.15. The molecule has 0 fully saturated rings. The minimum Gasteiger partial charge on any atom is -0.465 e. The van der Waals surface area contributed by atoms with Crippen LogP contribution in [-0.2, 0) is 58.4 Å². The van der Waals surface area contributed by atoms with Gasteiger partial charge in [-0.25, -0.2) is 29.4 Å². The van der Waals surface area contributed by atoms with Crippen molar-refractivity contribution in [3.8, 4) is 0 Å². The normalized spacial score (nSPS) is 11.6. The first kappa shape index (κ1) is 42.9. The molecule has 0 unspecified atom stereocenters. The number of nitrogens with one attached hydrogen (secondary N) is 1. The molecule has 3 aromatic carbocycles. The Labute approximate surface area is 284 Å². The van der Waals surface area contributed by atoms with Gasteiger partial charge in [-0.1, -0.05) is 0 Å². The molecule has 0 aromatic heterocycles. The van der Waals surface area contributed by atoms with Crippen LogP contribution < -0.4 is 16.8 Å². The molecule has 7 N–H and O–H groups in total. The molecule has 0 spiro atoms. The quantitative estimate of drug-likeness (QED) is 0.0916. The number of nitrogens with two attached hydrogens (primary N) is 2. The zero-order chi connectivity index (χ0) is 37.5. The Bertz CT molecular complexity index is 1970. The Morgan fingerprint density at radius 3 is 1.35 bits per heavy atom. The summed E-state index contributed by atoms with van der Waals surface area (Å²) in [5, 5.41) is 11.1. The minimum atomic E-state index is -4.62. The highest BCUT2D eigenvalue weighted by molar-refractivity contribution is 7.92. The molecule has 21 heteroatoms. The second-order valence-electron chi connectivity index (χ2n) is 9.61. The van der Waals surface area contributed by atoms with E-state index in [1.165, 1.54) is 86.6 Å². The number of sulfone groups is 3. The highest BCUT2D eigenvalue weighted by Gasteiger charge is 2.17. The summed E-state index contributed by atoms with van der Waals surface area (Å²) >= 11 is 0. The predicted octanol–water partition coefficient (Wildman–Crippen LogP) is 0.879. The summed E-state index contributed by atoms with van der Waals surface area (Å²) in [5.74, 6) is -1.79. The molecule has 0 radical (unpaired) electrons. The van der Waals surface area contributed by atoms with Crippen LogP contribution in [0.3, 0.4) is 0 Å². The smallest absolute Gasteiger partial charge is 0.397 e. The lowest BCUT2D eigenvalue weighted by atomic mass is 10.3. The largest absolute Gasteiger partial charge is 0.465 e. The number of amides is 1. The Kier molecular flexibility index (Phi) is 16.8. The number of aliphatic hydroxyl groups excluding tert-OH is 1. The Balaban J connectivity index is 0.000000368. The van der Waals surface area contributed by atoms with E-state index < -0.39 is 64.8 Å². The van der Waals surface area contributed by atoms with Crippen LogP contribution in [-0.4, -0.2) is 92.3 Å². The molecule has 272 valence electrons. The number of esters is 1. The number of rotatable bonds is 13. The number of carbonyl (C=O) groups excluding carboxylic acids is 2. The van der Waals surface area contributed by atoms with Crippen molar-refractivity contribution in [3.63, 3.8) is 0 Å². The molecule has 3 aromatic rings. The van der Waals surface area contributed by atoms with Crippen LogP contribution in [0, 0.1) is 0 Å². The fourth-order valence-corrected chi connectivity index (χ4v) is 6.92. The molecule has 0 saturated carbocycles. The number of benzene rings is 3. The second kappa shape index (κ2) is 19.2. The van der Waals surface area contributed by atoms with Gasteiger partial charge in [0.15, 0.2) is 29.5 Å². The topological polar surface area (TPSA) is 294 Å². The molecule has 0 bridgehead atoms. The molecule has 0 aliphatic heterocycles. The molecular weight excluding hydrogens is 731 g/mol. The van der Waals surface area contributed by atoms with Crippen molar-refractivity contribution in [2.24, 2.45) is 0 Å². The Morgan fingerprint density at radius 2 is 1.00 bits per heavy atom. The molecular formula is C28H37N3O14S4. The van der Waals surface area contributed by atoms with Gasteiger partial charge in [0.2, 0.25) is 5.91 Å². The summed E-state index contributed by atoms with van der Waals surface area (Å²) in [5.41, 5.74) is 12.3. The van der Waals surface area contributed by atoms with Gasteiger partial charge in [-0.3, -0.25) is 14.1 Å². The summed E-state index contributed by atoms with van der Waals surface area (Å²) < 4.78 is 107. The predicted molar refractivity (Wildman–Crippen MR) is 180 cm³/mol. The summed E-state index contributed by atoms with van der Waals surface area (Å²) in [7, 11) is -15.1. The molecule has 0 aliphatic carbocycles. The maximum atomic E-state index is 11.7. The summed E-state index contributed by atoms with van der Waals surface area (Å²) in [6, 6.07) is 17.1. The fraction of sp³-hybridized carbons (Fsp3) is 0.286. The van der Waals surface area contributed by atoms with Crippen molar-refractivity contribution in [1.29, 1.82) is 0 Å². The molecule has 0 heterocycles. The Hall–Kier alpha value is -4.12. The van der Waals surface area contributed by atoms with Crippen molar-refractivity contribution < 1.29 is 61.8 Å². The van der Waals surface area contributed by atoms with E-state index in [4.69, 9.17) is 21.1 Å². The van der Waals surface area contributed by atoms with Crippen molar-refractivity contribution in [2.45, 2.75) is 28.5 Å². The third-order valence-corrected chi connectivity index (χ3v) is 11.2. The third-order valence-electron chi connectivity index (χ3n) is 5.61. The van der Waals surface area contributed by atoms with Crippen LogP contribution in [0.25, 0.3) is 0 Å². The first-order valence-electron chi connectivity index (χ1n) is 13.7. The highest BCUT2D eigenvalue weighted by atomic mass is 32.3. The van der Waals surface area contributed by atoms with E-state index in [0.717, 1.165) is 0 Å². The van der Waals surface area contributed by atoms with E-state index >= 15 is 0 Å². The highest BCUT2D eigenvalue weighted by Crippen LogP contribution is 2.16. The van der Waals surface area contributed by atoms with E-state index in [-0.39, 0.29) is 38.7 Å². The minimum absolute atomic E-state index is 0.00522. The summed E-state index contributed by atoms with van der Waals surface area (Å²) in [4.78, 5) is 21.5. The number of nitrogen functional groups attached to an aromatic ring is 2. The first-order valence-corrected chi connectivity index (χ1v) is 20.0. The van der Waals surface area contributed by atoms with E-state index in [0.29, 0.717) is 17.1 Å². The average Bonchev–Trinajstić information content (AvgIpc) is 2.97. The van der Waals surface area contributed by atoms with Gasteiger partial charge in [-0.05, 0) is 72.8 Å². The van der Waals surface area contributed by atoms with Gasteiger partial charge in [0.05, 0.1) is 45.2 Å². The second-order valence-corrected chi connectivity index (χ2v) is 17.0.